The quantitative estimate of drug-likeness (QED) is 0.697. The summed E-state index contributed by atoms with van der Waals surface area (Å²) >= 11 is 0. The molecule has 0 bridgehead atoms. The molecule has 1 aromatic heterocycles. The maximum Gasteiger partial charge on any atom is 0.251 e. The second-order valence-corrected chi connectivity index (χ2v) is 4.42. The third-order valence-electron chi connectivity index (χ3n) is 3.28. The number of fused-ring (bicyclic) bond motifs is 1. The minimum absolute atomic E-state index is 0.0415. The van der Waals surface area contributed by atoms with E-state index in [0.29, 0.717) is 0 Å². The van der Waals surface area contributed by atoms with Crippen LogP contribution in [0.1, 0.15) is 6.92 Å². The van der Waals surface area contributed by atoms with E-state index < -0.39 is 0 Å². The number of benzene rings is 1. The van der Waals surface area contributed by atoms with Crippen molar-refractivity contribution in [1.29, 1.82) is 0 Å². The number of nitrogens with zero attached hydrogens (tertiary/aromatic N) is 1. The van der Waals surface area contributed by atoms with Crippen LogP contribution in [-0.4, -0.2) is 29.2 Å². The van der Waals surface area contributed by atoms with Crippen LogP contribution in [0.2, 0.25) is 0 Å². The zero-order chi connectivity index (χ0) is 12.5. The van der Waals surface area contributed by atoms with Gasteiger partial charge in [-0.05, 0) is 24.6 Å². The minimum atomic E-state index is -0.0415. The fourth-order valence-electron chi connectivity index (χ4n) is 1.97. The molecule has 0 atom stereocenters. The summed E-state index contributed by atoms with van der Waals surface area (Å²) in [6.45, 7) is 3.49. The van der Waals surface area contributed by atoms with Crippen LogP contribution in [0.3, 0.4) is 0 Å². The largest absolute Gasteiger partial charge is 0.322 e. The molecule has 1 saturated heterocycles. The van der Waals surface area contributed by atoms with E-state index in [1.807, 2.05) is 25.1 Å². The molecule has 0 aliphatic carbocycles. The Morgan fingerprint density at radius 3 is 2.94 bits per heavy atom. The van der Waals surface area contributed by atoms with Crippen LogP contribution in [0.5, 0.6) is 0 Å². The zero-order valence-electron chi connectivity index (χ0n) is 10.1. The van der Waals surface area contributed by atoms with Crippen LogP contribution < -0.4 is 10.6 Å². The summed E-state index contributed by atoms with van der Waals surface area (Å²) in [6.07, 6.45) is 1.72. The second-order valence-electron chi connectivity index (χ2n) is 4.42. The molecular formula is C13H14N4O. The van der Waals surface area contributed by atoms with E-state index in [-0.39, 0.29) is 5.91 Å². The first-order valence-corrected chi connectivity index (χ1v) is 5.88. The van der Waals surface area contributed by atoms with Crippen LogP contribution in [0.4, 0.5) is 5.69 Å². The smallest absolute Gasteiger partial charge is 0.251 e. The SMILES string of the molecule is CC(C(=O)Nc1cccc2[nH]ncc12)=C1CNC1. The highest BCUT2D eigenvalue weighted by atomic mass is 16.1. The van der Waals surface area contributed by atoms with Crippen molar-refractivity contribution < 1.29 is 4.79 Å². The molecule has 2 aromatic rings. The van der Waals surface area contributed by atoms with Gasteiger partial charge in [0.1, 0.15) is 0 Å². The van der Waals surface area contributed by atoms with Crippen molar-refractivity contribution in [3.63, 3.8) is 0 Å². The van der Waals surface area contributed by atoms with E-state index in [0.717, 1.165) is 35.3 Å². The van der Waals surface area contributed by atoms with Gasteiger partial charge >= 0.3 is 0 Å². The number of H-pyrrole nitrogens is 1. The van der Waals surface area contributed by atoms with Gasteiger partial charge in [-0.3, -0.25) is 9.89 Å². The van der Waals surface area contributed by atoms with Gasteiger partial charge in [-0.2, -0.15) is 5.10 Å². The normalized spacial score (nSPS) is 14.4. The van der Waals surface area contributed by atoms with Gasteiger partial charge in [0.15, 0.2) is 0 Å². The van der Waals surface area contributed by atoms with Crippen molar-refractivity contribution in [2.75, 3.05) is 18.4 Å². The summed E-state index contributed by atoms with van der Waals surface area (Å²) in [4.78, 5) is 12.1. The van der Waals surface area contributed by atoms with Gasteiger partial charge in [-0.1, -0.05) is 6.07 Å². The molecular weight excluding hydrogens is 228 g/mol. The molecule has 0 spiro atoms. The molecule has 0 unspecified atom stereocenters. The summed E-state index contributed by atoms with van der Waals surface area (Å²) in [6, 6.07) is 5.70. The molecule has 1 aromatic carbocycles. The summed E-state index contributed by atoms with van der Waals surface area (Å²) in [5.41, 5.74) is 3.68. The number of rotatable bonds is 2. The maximum atomic E-state index is 12.1. The van der Waals surface area contributed by atoms with E-state index in [4.69, 9.17) is 0 Å². The topological polar surface area (TPSA) is 69.8 Å². The van der Waals surface area contributed by atoms with E-state index in [9.17, 15) is 4.79 Å². The molecule has 1 fully saturated rings. The van der Waals surface area contributed by atoms with E-state index in [1.165, 1.54) is 5.57 Å². The van der Waals surface area contributed by atoms with Gasteiger partial charge in [0.25, 0.3) is 5.91 Å². The monoisotopic (exact) mass is 242 g/mol. The van der Waals surface area contributed by atoms with Gasteiger partial charge in [0.05, 0.1) is 17.4 Å². The van der Waals surface area contributed by atoms with Crippen molar-refractivity contribution in [3.05, 3.63) is 35.5 Å². The number of aromatic amines is 1. The number of amides is 1. The highest BCUT2D eigenvalue weighted by Crippen LogP contribution is 2.22. The van der Waals surface area contributed by atoms with E-state index >= 15 is 0 Å². The summed E-state index contributed by atoms with van der Waals surface area (Å²) in [5.74, 6) is -0.0415. The lowest BCUT2D eigenvalue weighted by Gasteiger charge is -2.21. The first-order valence-electron chi connectivity index (χ1n) is 5.88. The number of carbonyl (C=O) groups excluding carboxylic acids is 1. The van der Waals surface area contributed by atoms with Crippen molar-refractivity contribution >= 4 is 22.5 Å². The Balaban J connectivity index is 1.88. The Kier molecular flexibility index (Phi) is 2.60. The number of hydrogen-bond donors (Lipinski definition) is 3. The maximum absolute atomic E-state index is 12.1. The van der Waals surface area contributed by atoms with E-state index in [2.05, 4.69) is 20.8 Å². The molecule has 18 heavy (non-hydrogen) atoms. The predicted octanol–water partition coefficient (Wildman–Crippen LogP) is 1.42. The van der Waals surface area contributed by atoms with E-state index in [1.54, 1.807) is 6.20 Å². The fraction of sp³-hybridized carbons (Fsp3) is 0.231. The Bertz CT molecular complexity index is 635. The molecule has 1 aliphatic rings. The van der Waals surface area contributed by atoms with Gasteiger partial charge in [0, 0.05) is 24.0 Å². The van der Waals surface area contributed by atoms with Crippen LogP contribution in [0, 0.1) is 0 Å². The average Bonchev–Trinajstić information content (AvgIpc) is 2.75. The Morgan fingerprint density at radius 1 is 1.39 bits per heavy atom. The molecule has 0 radical (unpaired) electrons. The summed E-state index contributed by atoms with van der Waals surface area (Å²) in [5, 5.41) is 13.9. The summed E-state index contributed by atoms with van der Waals surface area (Å²) < 4.78 is 0. The van der Waals surface area contributed by atoms with Crippen molar-refractivity contribution in [1.82, 2.24) is 15.5 Å². The Hall–Kier alpha value is -2.14. The Morgan fingerprint density at radius 2 is 2.22 bits per heavy atom. The molecule has 1 aliphatic heterocycles. The van der Waals surface area contributed by atoms with Crippen molar-refractivity contribution in [2.45, 2.75) is 6.92 Å². The molecule has 5 heteroatoms. The molecule has 2 heterocycles. The van der Waals surface area contributed by atoms with Crippen LogP contribution in [0.15, 0.2) is 35.5 Å². The van der Waals surface area contributed by atoms with Crippen LogP contribution >= 0.6 is 0 Å². The molecule has 1 amide bonds. The standard InChI is InChI=1S/C13H14N4O/c1-8(9-5-14-6-9)13(18)16-11-3-2-4-12-10(11)7-15-17-12/h2-4,7,14H,5-6H2,1H3,(H,15,17)(H,16,18). The number of anilines is 1. The molecule has 92 valence electrons. The minimum Gasteiger partial charge on any atom is -0.322 e. The van der Waals surface area contributed by atoms with Gasteiger partial charge < -0.3 is 10.6 Å². The first kappa shape index (κ1) is 11.0. The zero-order valence-corrected chi connectivity index (χ0v) is 10.1. The van der Waals surface area contributed by atoms with Crippen molar-refractivity contribution in [3.8, 4) is 0 Å². The molecule has 3 rings (SSSR count). The number of aromatic nitrogens is 2. The third-order valence-corrected chi connectivity index (χ3v) is 3.28. The Labute approximate surface area is 104 Å². The van der Waals surface area contributed by atoms with Gasteiger partial charge in [0.2, 0.25) is 0 Å². The van der Waals surface area contributed by atoms with Crippen molar-refractivity contribution in [2.24, 2.45) is 0 Å². The van der Waals surface area contributed by atoms with Gasteiger partial charge in [-0.15, -0.1) is 0 Å². The van der Waals surface area contributed by atoms with Crippen LogP contribution in [0.25, 0.3) is 10.9 Å². The average molecular weight is 242 g/mol. The molecule has 5 nitrogen and oxygen atoms in total. The lowest BCUT2D eigenvalue weighted by Crippen LogP contribution is -2.36. The summed E-state index contributed by atoms with van der Waals surface area (Å²) in [7, 11) is 0. The number of hydrogen-bond acceptors (Lipinski definition) is 3. The lowest BCUT2D eigenvalue weighted by atomic mass is 10.0. The predicted molar refractivity (Wildman–Crippen MR) is 70.3 cm³/mol. The third kappa shape index (κ3) is 1.78. The second kappa shape index (κ2) is 4.27. The number of nitrogens with one attached hydrogen (secondary N) is 3. The highest BCUT2D eigenvalue weighted by Gasteiger charge is 2.16. The highest BCUT2D eigenvalue weighted by molar-refractivity contribution is 6.08. The molecule has 0 saturated carbocycles. The molecule has 3 N–H and O–H groups in total. The lowest BCUT2D eigenvalue weighted by molar-refractivity contribution is -0.112. The van der Waals surface area contributed by atoms with Crippen LogP contribution in [-0.2, 0) is 4.79 Å². The number of carbonyl (C=O) groups is 1. The first-order chi connectivity index (χ1) is 8.75. The van der Waals surface area contributed by atoms with Gasteiger partial charge in [-0.25, -0.2) is 0 Å². The fourth-order valence-corrected chi connectivity index (χ4v) is 1.97.